The Morgan fingerprint density at radius 2 is 2.12 bits per heavy atom. The van der Waals surface area contributed by atoms with Crippen LogP contribution in [0.4, 0.5) is 5.82 Å². The maximum Gasteiger partial charge on any atom is 0.273 e. The van der Waals surface area contributed by atoms with Crippen LogP contribution in [-0.4, -0.2) is 63.3 Å². The van der Waals surface area contributed by atoms with E-state index in [1.165, 1.54) is 0 Å². The van der Waals surface area contributed by atoms with Crippen molar-refractivity contribution in [2.45, 2.75) is 18.0 Å². The first kappa shape index (κ1) is 19.2. The quantitative estimate of drug-likeness (QED) is 0.527. The summed E-state index contributed by atoms with van der Waals surface area (Å²) in [5.41, 5.74) is 0.502. The molecule has 2 aromatic rings. The third kappa shape index (κ3) is 4.37. The fourth-order valence-corrected chi connectivity index (χ4v) is 3.96. The number of halogens is 1. The Morgan fingerprint density at radius 3 is 2.73 bits per heavy atom. The molecule has 1 aliphatic rings. The van der Waals surface area contributed by atoms with Gasteiger partial charge in [-0.15, -0.1) is 0 Å². The van der Waals surface area contributed by atoms with Crippen LogP contribution in [0.5, 0.6) is 0 Å². The molecule has 26 heavy (non-hydrogen) atoms. The maximum absolute atomic E-state index is 12.4. The van der Waals surface area contributed by atoms with Crippen molar-refractivity contribution < 1.29 is 4.79 Å². The van der Waals surface area contributed by atoms with Gasteiger partial charge in [0.2, 0.25) is 0 Å². The lowest BCUT2D eigenvalue weighted by molar-refractivity contribution is 0.0759. The third-order valence-electron chi connectivity index (χ3n) is 4.60. The lowest BCUT2D eigenvalue weighted by Crippen LogP contribution is -2.40. The molecule has 0 aromatic carbocycles. The number of hydrogen-bond donors (Lipinski definition) is 0. The molecule has 0 bridgehead atoms. The summed E-state index contributed by atoms with van der Waals surface area (Å²) in [4.78, 5) is 29.6. The molecule has 0 N–H and O–H groups in total. The summed E-state index contributed by atoms with van der Waals surface area (Å²) in [5.74, 6) is 1.43. The van der Waals surface area contributed by atoms with Gasteiger partial charge in [0.15, 0.2) is 5.16 Å². The molecule has 1 saturated heterocycles. The summed E-state index contributed by atoms with van der Waals surface area (Å²) in [6.45, 7) is 2.61. The fraction of sp³-hybridized carbons (Fsp3) is 0.529. The number of amides is 1. The molecule has 0 unspecified atom stereocenters. The molecule has 3 rings (SSSR count). The molecule has 1 fully saturated rings. The Kier molecular flexibility index (Phi) is 6.18. The van der Waals surface area contributed by atoms with Crippen molar-refractivity contribution in [3.63, 3.8) is 0 Å². The van der Waals surface area contributed by atoms with Gasteiger partial charge in [-0.05, 0) is 40.9 Å². The summed E-state index contributed by atoms with van der Waals surface area (Å²) < 4.78 is 2.72. The van der Waals surface area contributed by atoms with Crippen LogP contribution in [0.2, 0.25) is 0 Å². The molecule has 9 heteroatoms. The Hall–Kier alpha value is -1.61. The summed E-state index contributed by atoms with van der Waals surface area (Å²) in [6.07, 6.45) is 9.28. The van der Waals surface area contributed by atoms with Gasteiger partial charge in [-0.25, -0.2) is 15.0 Å². The van der Waals surface area contributed by atoms with Gasteiger partial charge in [-0.1, -0.05) is 11.8 Å². The van der Waals surface area contributed by atoms with E-state index in [9.17, 15) is 4.79 Å². The van der Waals surface area contributed by atoms with Crippen LogP contribution in [-0.2, 0) is 7.05 Å². The van der Waals surface area contributed by atoms with E-state index in [1.54, 1.807) is 33.8 Å². The molecule has 1 aliphatic heterocycles. The Labute approximate surface area is 166 Å². The molecule has 3 heterocycles. The van der Waals surface area contributed by atoms with E-state index in [4.69, 9.17) is 0 Å². The summed E-state index contributed by atoms with van der Waals surface area (Å²) in [7, 11) is 3.72. The number of rotatable bonds is 5. The number of carbonyl (C=O) groups is 1. The van der Waals surface area contributed by atoms with E-state index in [1.807, 2.05) is 26.5 Å². The molecule has 7 nitrogen and oxygen atoms in total. The van der Waals surface area contributed by atoms with Gasteiger partial charge in [0.1, 0.15) is 11.5 Å². The van der Waals surface area contributed by atoms with Crippen LogP contribution in [0, 0.1) is 5.92 Å². The van der Waals surface area contributed by atoms with E-state index < -0.39 is 0 Å². The molecule has 0 aliphatic carbocycles. The number of nitrogens with zero attached hydrogens (tertiary/aromatic N) is 6. The van der Waals surface area contributed by atoms with Crippen LogP contribution in [0.3, 0.4) is 0 Å². The zero-order chi connectivity index (χ0) is 18.7. The number of thioether (sulfide) groups is 1. The van der Waals surface area contributed by atoms with Crippen LogP contribution in [0.1, 0.15) is 23.3 Å². The zero-order valence-electron chi connectivity index (χ0n) is 15.2. The first-order valence-corrected chi connectivity index (χ1v) is 10.5. The van der Waals surface area contributed by atoms with Crippen LogP contribution < -0.4 is 4.90 Å². The van der Waals surface area contributed by atoms with E-state index in [0.717, 1.165) is 47.9 Å². The highest BCUT2D eigenvalue weighted by Gasteiger charge is 2.25. The zero-order valence-corrected chi connectivity index (χ0v) is 17.6. The number of hydrogen-bond acceptors (Lipinski definition) is 6. The molecule has 0 saturated carbocycles. The average Bonchev–Trinajstić information content (AvgIpc) is 3.08. The Bertz CT molecular complexity index is 774. The SMILES string of the molecule is CSc1ncc(Br)c(N2CCC(CN(C)C(=O)c3cn(C)cn3)CC2)n1. The Morgan fingerprint density at radius 1 is 1.38 bits per heavy atom. The second kappa shape index (κ2) is 8.39. The second-order valence-corrected chi connectivity index (χ2v) is 8.20. The van der Waals surface area contributed by atoms with Gasteiger partial charge in [-0.3, -0.25) is 4.79 Å². The molecule has 140 valence electrons. The van der Waals surface area contributed by atoms with Crippen molar-refractivity contribution in [1.82, 2.24) is 24.4 Å². The number of piperidine rings is 1. The van der Waals surface area contributed by atoms with Crippen LogP contribution >= 0.6 is 27.7 Å². The standard InChI is InChI=1S/C17H23BrN6OS/c1-22-10-14(20-11-22)16(25)23(2)9-12-4-6-24(7-5-12)15-13(18)8-19-17(21-15)26-3/h8,10-12H,4-7,9H2,1-3H3. The molecule has 0 atom stereocenters. The summed E-state index contributed by atoms with van der Waals surface area (Å²) in [6, 6.07) is 0. The minimum absolute atomic E-state index is 0.0174. The lowest BCUT2D eigenvalue weighted by atomic mass is 9.96. The van der Waals surface area contributed by atoms with Gasteiger partial charge in [-0.2, -0.15) is 0 Å². The fourth-order valence-electron chi connectivity index (χ4n) is 3.18. The van der Waals surface area contributed by atoms with E-state index in [-0.39, 0.29) is 5.91 Å². The van der Waals surface area contributed by atoms with Crippen molar-refractivity contribution in [3.8, 4) is 0 Å². The van der Waals surface area contributed by atoms with E-state index in [2.05, 4.69) is 35.8 Å². The second-order valence-electron chi connectivity index (χ2n) is 6.57. The number of imidazole rings is 1. The predicted octanol–water partition coefficient (Wildman–Crippen LogP) is 2.68. The number of carbonyl (C=O) groups excluding carboxylic acids is 1. The highest BCUT2D eigenvalue weighted by atomic mass is 79.9. The molecule has 0 spiro atoms. The number of aryl methyl sites for hydroxylation is 1. The first-order valence-electron chi connectivity index (χ1n) is 8.53. The molecular weight excluding hydrogens is 416 g/mol. The maximum atomic E-state index is 12.4. The minimum atomic E-state index is -0.0174. The first-order chi connectivity index (χ1) is 12.5. The topological polar surface area (TPSA) is 67.2 Å². The average molecular weight is 439 g/mol. The smallest absolute Gasteiger partial charge is 0.273 e. The molecule has 1 amide bonds. The van der Waals surface area contributed by atoms with Crippen molar-refractivity contribution in [1.29, 1.82) is 0 Å². The van der Waals surface area contributed by atoms with Crippen LogP contribution in [0.15, 0.2) is 28.4 Å². The van der Waals surface area contributed by atoms with E-state index in [0.29, 0.717) is 11.6 Å². The normalized spacial score (nSPS) is 15.3. The van der Waals surface area contributed by atoms with Gasteiger partial charge in [0.25, 0.3) is 5.91 Å². The van der Waals surface area contributed by atoms with Gasteiger partial charge in [0.05, 0.1) is 10.8 Å². The van der Waals surface area contributed by atoms with Crippen molar-refractivity contribution >= 4 is 39.4 Å². The van der Waals surface area contributed by atoms with Crippen LogP contribution in [0.25, 0.3) is 0 Å². The van der Waals surface area contributed by atoms with Gasteiger partial charge < -0.3 is 14.4 Å². The Balaban J connectivity index is 1.56. The molecule has 0 radical (unpaired) electrons. The molecular formula is C17H23BrN6OS. The minimum Gasteiger partial charge on any atom is -0.356 e. The summed E-state index contributed by atoms with van der Waals surface area (Å²) in [5, 5.41) is 0.783. The molecule has 2 aromatic heterocycles. The monoisotopic (exact) mass is 438 g/mol. The number of anilines is 1. The lowest BCUT2D eigenvalue weighted by Gasteiger charge is -2.34. The van der Waals surface area contributed by atoms with E-state index >= 15 is 0 Å². The third-order valence-corrected chi connectivity index (χ3v) is 5.72. The summed E-state index contributed by atoms with van der Waals surface area (Å²) >= 11 is 5.11. The highest BCUT2D eigenvalue weighted by Crippen LogP contribution is 2.29. The van der Waals surface area contributed by atoms with Crippen molar-refractivity contribution in [2.24, 2.45) is 13.0 Å². The largest absolute Gasteiger partial charge is 0.356 e. The van der Waals surface area contributed by atoms with Gasteiger partial charge in [0, 0.05) is 46.1 Å². The number of aromatic nitrogens is 4. The van der Waals surface area contributed by atoms with Crippen molar-refractivity contribution in [3.05, 3.63) is 28.9 Å². The predicted molar refractivity (Wildman–Crippen MR) is 107 cm³/mol. The van der Waals surface area contributed by atoms with Crippen molar-refractivity contribution in [2.75, 3.05) is 37.8 Å². The van der Waals surface area contributed by atoms with Gasteiger partial charge >= 0.3 is 0 Å². The highest BCUT2D eigenvalue weighted by molar-refractivity contribution is 9.10.